The third-order valence-corrected chi connectivity index (χ3v) is 1.42. The smallest absolute Gasteiger partial charge is 0.0583 e. The highest BCUT2D eigenvalue weighted by molar-refractivity contribution is 5.61. The summed E-state index contributed by atoms with van der Waals surface area (Å²) in [5.74, 6) is 0. The lowest BCUT2D eigenvalue weighted by molar-refractivity contribution is 0.972. The van der Waals surface area contributed by atoms with E-state index in [4.69, 9.17) is 5.73 Å². The Morgan fingerprint density at radius 1 is 1.90 bits per heavy atom. The van der Waals surface area contributed by atoms with Crippen molar-refractivity contribution in [3.8, 4) is 0 Å². The Kier molecular flexibility index (Phi) is 1.76. The molecule has 0 aromatic carbocycles. The molecule has 54 valence electrons. The first kappa shape index (κ1) is 6.86. The molecule has 3 heteroatoms. The summed E-state index contributed by atoms with van der Waals surface area (Å²) >= 11 is 0. The molecule has 0 spiro atoms. The molecule has 0 saturated heterocycles. The van der Waals surface area contributed by atoms with Crippen LogP contribution >= 0.6 is 0 Å². The van der Waals surface area contributed by atoms with E-state index in [9.17, 15) is 0 Å². The van der Waals surface area contributed by atoms with Gasteiger partial charge in [0.15, 0.2) is 0 Å². The van der Waals surface area contributed by atoms with Gasteiger partial charge in [-0.05, 0) is 6.42 Å². The van der Waals surface area contributed by atoms with E-state index < -0.39 is 0 Å². The second kappa shape index (κ2) is 2.56. The summed E-state index contributed by atoms with van der Waals surface area (Å²) in [5, 5.41) is 6.69. The van der Waals surface area contributed by atoms with E-state index in [1.807, 2.05) is 6.92 Å². The Labute approximate surface area is 59.9 Å². The number of nitrogens with zero attached hydrogens (tertiary/aromatic N) is 1. The summed E-state index contributed by atoms with van der Waals surface area (Å²) < 4.78 is 0. The summed E-state index contributed by atoms with van der Waals surface area (Å²) in [6, 6.07) is 0. The van der Waals surface area contributed by atoms with Gasteiger partial charge in [-0.2, -0.15) is 5.10 Å². The van der Waals surface area contributed by atoms with Crippen LogP contribution in [0.4, 0.5) is 0 Å². The molecule has 0 aliphatic rings. The molecule has 3 nitrogen and oxygen atoms in total. The van der Waals surface area contributed by atoms with Crippen LogP contribution in [0.25, 0.3) is 5.70 Å². The average Bonchev–Trinajstić information content (AvgIpc) is 2.33. The molecule has 0 fully saturated rings. The van der Waals surface area contributed by atoms with Gasteiger partial charge in [0.25, 0.3) is 0 Å². The minimum Gasteiger partial charge on any atom is -0.399 e. The van der Waals surface area contributed by atoms with Gasteiger partial charge in [0.2, 0.25) is 0 Å². The predicted octanol–water partition coefficient (Wildman–Crippen LogP) is 0.901. The Bertz CT molecular complexity index is 237. The van der Waals surface area contributed by atoms with Gasteiger partial charge in [-0.15, -0.1) is 0 Å². The molecule has 0 unspecified atom stereocenters. The van der Waals surface area contributed by atoms with Crippen molar-refractivity contribution in [2.75, 3.05) is 0 Å². The average molecular weight is 137 g/mol. The molecule has 0 bridgehead atoms. The van der Waals surface area contributed by atoms with Gasteiger partial charge >= 0.3 is 0 Å². The maximum absolute atomic E-state index is 5.48. The fourth-order valence-corrected chi connectivity index (χ4v) is 0.859. The number of nitrogens with one attached hydrogen (secondary N) is 1. The zero-order valence-electron chi connectivity index (χ0n) is 6.02. The van der Waals surface area contributed by atoms with Gasteiger partial charge in [0.1, 0.15) is 0 Å². The number of aromatic nitrogens is 2. The highest BCUT2D eigenvalue weighted by atomic mass is 15.1. The van der Waals surface area contributed by atoms with Crippen molar-refractivity contribution in [2.45, 2.75) is 13.3 Å². The lowest BCUT2D eigenvalue weighted by Gasteiger charge is -1.96. The molecule has 1 heterocycles. The van der Waals surface area contributed by atoms with Crippen molar-refractivity contribution in [1.29, 1.82) is 0 Å². The summed E-state index contributed by atoms with van der Waals surface area (Å²) in [5.41, 5.74) is 8.04. The van der Waals surface area contributed by atoms with E-state index in [2.05, 4.69) is 16.8 Å². The Hall–Kier alpha value is -1.25. The highest BCUT2D eigenvalue weighted by Crippen LogP contribution is 2.10. The summed E-state index contributed by atoms with van der Waals surface area (Å²) in [6.07, 6.45) is 2.60. The first-order valence-corrected chi connectivity index (χ1v) is 3.22. The second-order valence-corrected chi connectivity index (χ2v) is 2.14. The van der Waals surface area contributed by atoms with Crippen LogP contribution in [-0.2, 0) is 6.42 Å². The quantitative estimate of drug-likeness (QED) is 0.636. The van der Waals surface area contributed by atoms with E-state index in [-0.39, 0.29) is 0 Å². The van der Waals surface area contributed by atoms with E-state index in [1.54, 1.807) is 6.20 Å². The van der Waals surface area contributed by atoms with Crippen LogP contribution in [0.1, 0.15) is 18.2 Å². The number of hydrogen-bond donors (Lipinski definition) is 2. The molecule has 10 heavy (non-hydrogen) atoms. The third-order valence-electron chi connectivity index (χ3n) is 1.42. The molecule has 1 aromatic heterocycles. The normalized spacial score (nSPS) is 9.70. The SMILES string of the molecule is C=C(N)c1cn[nH]c1CC. The molecule has 1 rings (SSSR count). The van der Waals surface area contributed by atoms with Crippen LogP contribution in [0.3, 0.4) is 0 Å². The minimum absolute atomic E-state index is 0.575. The Morgan fingerprint density at radius 2 is 2.60 bits per heavy atom. The van der Waals surface area contributed by atoms with Crippen molar-refractivity contribution >= 4 is 5.70 Å². The monoisotopic (exact) mass is 137 g/mol. The van der Waals surface area contributed by atoms with Crippen molar-refractivity contribution in [3.63, 3.8) is 0 Å². The number of aromatic amines is 1. The lowest BCUT2D eigenvalue weighted by Crippen LogP contribution is -1.95. The second-order valence-electron chi connectivity index (χ2n) is 2.14. The van der Waals surface area contributed by atoms with E-state index in [0.29, 0.717) is 5.70 Å². The standard InChI is InChI=1S/C7H11N3/c1-3-7-6(5(2)8)4-9-10-7/h4H,2-3,8H2,1H3,(H,9,10). The van der Waals surface area contributed by atoms with Crippen LogP contribution in [0.15, 0.2) is 12.8 Å². The lowest BCUT2D eigenvalue weighted by atomic mass is 10.2. The largest absolute Gasteiger partial charge is 0.399 e. The van der Waals surface area contributed by atoms with Gasteiger partial charge in [-0.3, -0.25) is 5.10 Å². The Balaban J connectivity index is 3.01. The maximum Gasteiger partial charge on any atom is 0.0583 e. The van der Waals surface area contributed by atoms with Crippen LogP contribution in [0.2, 0.25) is 0 Å². The molecule has 3 N–H and O–H groups in total. The topological polar surface area (TPSA) is 54.7 Å². The van der Waals surface area contributed by atoms with Crippen LogP contribution in [0, 0.1) is 0 Å². The molecule has 0 saturated carbocycles. The molecular weight excluding hydrogens is 126 g/mol. The number of aryl methyl sites for hydroxylation is 1. The first-order chi connectivity index (χ1) is 4.75. The van der Waals surface area contributed by atoms with Crippen molar-refractivity contribution in [2.24, 2.45) is 5.73 Å². The highest BCUT2D eigenvalue weighted by Gasteiger charge is 2.01. The molecule has 1 aromatic rings. The van der Waals surface area contributed by atoms with Crippen LogP contribution < -0.4 is 5.73 Å². The van der Waals surface area contributed by atoms with Crippen molar-refractivity contribution in [1.82, 2.24) is 10.2 Å². The van der Waals surface area contributed by atoms with E-state index in [1.165, 1.54) is 0 Å². The molecular formula is C7H11N3. The third kappa shape index (κ3) is 1.03. The summed E-state index contributed by atoms with van der Waals surface area (Å²) in [7, 11) is 0. The number of hydrogen-bond acceptors (Lipinski definition) is 2. The zero-order chi connectivity index (χ0) is 7.56. The number of nitrogens with two attached hydrogens (primary N) is 1. The Morgan fingerprint density at radius 3 is 3.00 bits per heavy atom. The predicted molar refractivity (Wildman–Crippen MR) is 41.2 cm³/mol. The van der Waals surface area contributed by atoms with Crippen molar-refractivity contribution < 1.29 is 0 Å². The molecule has 0 aliphatic heterocycles. The molecule has 0 amide bonds. The zero-order valence-corrected chi connectivity index (χ0v) is 6.02. The van der Waals surface area contributed by atoms with Gasteiger partial charge in [0.05, 0.1) is 6.20 Å². The minimum atomic E-state index is 0.575. The van der Waals surface area contributed by atoms with E-state index >= 15 is 0 Å². The number of H-pyrrole nitrogens is 1. The van der Waals surface area contributed by atoms with Crippen LogP contribution in [0.5, 0.6) is 0 Å². The summed E-state index contributed by atoms with van der Waals surface area (Å²) in [6.45, 7) is 5.67. The van der Waals surface area contributed by atoms with Gasteiger partial charge in [0, 0.05) is 17.0 Å². The van der Waals surface area contributed by atoms with Crippen LogP contribution in [-0.4, -0.2) is 10.2 Å². The fraction of sp³-hybridized carbons (Fsp3) is 0.286. The molecule has 0 aliphatic carbocycles. The molecule has 0 atom stereocenters. The molecule has 0 radical (unpaired) electrons. The maximum atomic E-state index is 5.48. The number of rotatable bonds is 2. The van der Waals surface area contributed by atoms with Gasteiger partial charge < -0.3 is 5.73 Å². The summed E-state index contributed by atoms with van der Waals surface area (Å²) in [4.78, 5) is 0. The van der Waals surface area contributed by atoms with E-state index in [0.717, 1.165) is 17.7 Å². The first-order valence-electron chi connectivity index (χ1n) is 3.22. The fourth-order valence-electron chi connectivity index (χ4n) is 0.859. The van der Waals surface area contributed by atoms with Crippen molar-refractivity contribution in [3.05, 3.63) is 24.0 Å². The van der Waals surface area contributed by atoms with Gasteiger partial charge in [-0.1, -0.05) is 13.5 Å². The van der Waals surface area contributed by atoms with Gasteiger partial charge in [-0.25, -0.2) is 0 Å².